The zero-order valence-electron chi connectivity index (χ0n) is 16.8. The zero-order valence-corrected chi connectivity index (χ0v) is 16.8. The van der Waals surface area contributed by atoms with E-state index in [-0.39, 0.29) is 16.9 Å². The minimum absolute atomic E-state index is 0.0269. The number of methoxy groups -OCH3 is 1. The summed E-state index contributed by atoms with van der Waals surface area (Å²) in [5, 5.41) is 2.34. The highest BCUT2D eigenvalue weighted by atomic mass is 19.4. The molecule has 1 saturated heterocycles. The van der Waals surface area contributed by atoms with E-state index in [4.69, 9.17) is 15.2 Å². The predicted octanol–water partition coefficient (Wildman–Crippen LogP) is 3.30. The van der Waals surface area contributed by atoms with Crippen molar-refractivity contribution in [3.8, 4) is 5.75 Å². The second kappa shape index (κ2) is 8.34. The lowest BCUT2D eigenvalue weighted by Crippen LogP contribution is -2.43. The number of hydrogen-bond acceptors (Lipinski definition) is 5. The van der Waals surface area contributed by atoms with Gasteiger partial charge in [-0.1, -0.05) is 6.07 Å². The molecule has 2 aromatic rings. The molecule has 0 aliphatic carbocycles. The van der Waals surface area contributed by atoms with Gasteiger partial charge >= 0.3 is 6.18 Å². The first-order chi connectivity index (χ1) is 14.9. The Labute approximate surface area is 178 Å². The maximum Gasteiger partial charge on any atom is 0.417 e. The number of nitrogens with zero attached hydrogens (tertiary/aromatic N) is 1. The van der Waals surface area contributed by atoms with E-state index in [0.717, 1.165) is 32.2 Å². The molecule has 3 atom stereocenters. The fourth-order valence-electron chi connectivity index (χ4n) is 3.53. The molecule has 12 heteroatoms. The Kier molecular flexibility index (Phi) is 6.09. The Morgan fingerprint density at radius 2 is 1.97 bits per heavy atom. The van der Waals surface area contributed by atoms with Crippen LogP contribution < -0.4 is 15.8 Å². The van der Waals surface area contributed by atoms with E-state index >= 15 is 0 Å². The lowest BCUT2D eigenvalue weighted by Gasteiger charge is -2.27. The van der Waals surface area contributed by atoms with Crippen LogP contribution in [0.15, 0.2) is 30.5 Å². The van der Waals surface area contributed by atoms with Crippen LogP contribution in [0.5, 0.6) is 5.75 Å². The van der Waals surface area contributed by atoms with Gasteiger partial charge in [0, 0.05) is 23.4 Å². The summed E-state index contributed by atoms with van der Waals surface area (Å²) >= 11 is 0. The molecule has 3 rings (SSSR count). The number of aromatic nitrogens is 1. The monoisotopic (exact) mass is 459 g/mol. The average molecular weight is 459 g/mol. The number of hydrogen-bond donors (Lipinski definition) is 2. The van der Waals surface area contributed by atoms with Gasteiger partial charge in [-0.25, -0.2) is 4.39 Å². The third-order valence-electron chi connectivity index (χ3n) is 5.18. The van der Waals surface area contributed by atoms with Crippen LogP contribution in [0.1, 0.15) is 35.3 Å². The molecule has 3 N–H and O–H groups in total. The van der Waals surface area contributed by atoms with Crippen molar-refractivity contribution in [1.29, 1.82) is 0 Å². The minimum Gasteiger partial charge on any atom is -0.493 e. The summed E-state index contributed by atoms with van der Waals surface area (Å²) in [6.45, 7) is 0.761. The Morgan fingerprint density at radius 3 is 2.56 bits per heavy atom. The number of halogens is 5. The molecule has 1 aliphatic rings. The van der Waals surface area contributed by atoms with Crippen molar-refractivity contribution in [3.63, 3.8) is 0 Å². The van der Waals surface area contributed by atoms with Gasteiger partial charge in [0.15, 0.2) is 17.2 Å². The number of carbonyl (C=O) groups excluding carboxylic acids is 2. The zero-order chi connectivity index (χ0) is 23.8. The van der Waals surface area contributed by atoms with Crippen molar-refractivity contribution >= 4 is 17.5 Å². The van der Waals surface area contributed by atoms with E-state index in [2.05, 4.69) is 10.3 Å². The van der Waals surface area contributed by atoms with Gasteiger partial charge in [0.25, 0.3) is 11.8 Å². The van der Waals surface area contributed by atoms with Crippen LogP contribution in [0.2, 0.25) is 0 Å². The molecule has 0 unspecified atom stereocenters. The number of ether oxygens (including phenoxy) is 2. The molecule has 1 aromatic carbocycles. The molecule has 0 radical (unpaired) electrons. The van der Waals surface area contributed by atoms with Crippen LogP contribution in [0.25, 0.3) is 0 Å². The lowest BCUT2D eigenvalue weighted by molar-refractivity contribution is -0.261. The van der Waals surface area contributed by atoms with Gasteiger partial charge in [0.05, 0.1) is 7.11 Å². The van der Waals surface area contributed by atoms with Gasteiger partial charge in [-0.15, -0.1) is 0 Å². The molecule has 32 heavy (non-hydrogen) atoms. The largest absolute Gasteiger partial charge is 0.493 e. The minimum atomic E-state index is -4.86. The van der Waals surface area contributed by atoms with Crippen LogP contribution in [-0.4, -0.2) is 41.8 Å². The number of nitrogens with two attached hydrogens (primary N) is 1. The van der Waals surface area contributed by atoms with Crippen LogP contribution in [0.4, 0.5) is 27.6 Å². The van der Waals surface area contributed by atoms with E-state index in [1.807, 2.05) is 0 Å². The van der Waals surface area contributed by atoms with Crippen LogP contribution in [0, 0.1) is 11.6 Å². The van der Waals surface area contributed by atoms with Crippen molar-refractivity contribution in [1.82, 2.24) is 4.98 Å². The standard InChI is InChI=1S/C20H18F5N3O4/c1-19(20(23,24)25)8-11(10-3-4-12(21)14(22)15(10)31-2)16(32-19)18(30)28-9-5-6-27-13(7-9)17(26)29/h3-7,11,16H,8H2,1-2H3,(H2,26,29)(H,27,28,30)/t11-,16-,19-/m1/s1. The molecule has 1 aliphatic heterocycles. The number of nitrogens with one attached hydrogen (secondary N) is 1. The van der Waals surface area contributed by atoms with Gasteiger partial charge < -0.3 is 20.5 Å². The summed E-state index contributed by atoms with van der Waals surface area (Å²) in [5.41, 5.74) is 2.07. The molecular weight excluding hydrogens is 441 g/mol. The number of rotatable bonds is 5. The normalized spacial score (nSPS) is 23.1. The first-order valence-electron chi connectivity index (χ1n) is 9.21. The lowest BCUT2D eigenvalue weighted by atomic mass is 9.85. The van der Waals surface area contributed by atoms with E-state index in [9.17, 15) is 31.5 Å². The Hall–Kier alpha value is -3.28. The van der Waals surface area contributed by atoms with Gasteiger partial charge in [0.2, 0.25) is 5.82 Å². The summed E-state index contributed by atoms with van der Waals surface area (Å²) in [6.07, 6.45) is -6.19. The van der Waals surface area contributed by atoms with Crippen molar-refractivity contribution < 1.29 is 41.0 Å². The summed E-state index contributed by atoms with van der Waals surface area (Å²) in [4.78, 5) is 27.9. The van der Waals surface area contributed by atoms with E-state index in [1.54, 1.807) is 0 Å². The molecule has 1 aromatic heterocycles. The summed E-state index contributed by atoms with van der Waals surface area (Å²) < 4.78 is 78.9. The molecule has 1 fully saturated rings. The SMILES string of the molecule is COc1c([C@H]2C[C@](C)(C(F)(F)F)O[C@H]2C(=O)Nc2ccnc(C(N)=O)c2)ccc(F)c1F. The van der Waals surface area contributed by atoms with Crippen molar-refractivity contribution in [3.05, 3.63) is 53.4 Å². The number of alkyl halides is 3. The number of amides is 2. The highest BCUT2D eigenvalue weighted by Gasteiger charge is 2.61. The molecule has 2 amide bonds. The first-order valence-corrected chi connectivity index (χ1v) is 9.21. The number of primary amides is 1. The van der Waals surface area contributed by atoms with Gasteiger partial charge in [-0.3, -0.25) is 14.6 Å². The Bertz CT molecular complexity index is 1060. The number of anilines is 1. The van der Waals surface area contributed by atoms with Crippen LogP contribution in [-0.2, 0) is 9.53 Å². The molecule has 0 spiro atoms. The molecule has 0 saturated carbocycles. The second-order valence-electron chi connectivity index (χ2n) is 7.34. The van der Waals surface area contributed by atoms with Crippen LogP contribution >= 0.6 is 0 Å². The van der Waals surface area contributed by atoms with E-state index in [0.29, 0.717) is 0 Å². The topological polar surface area (TPSA) is 104 Å². The highest BCUT2D eigenvalue weighted by Crippen LogP contribution is 2.51. The highest BCUT2D eigenvalue weighted by molar-refractivity contribution is 5.97. The maximum absolute atomic E-state index is 14.2. The van der Waals surface area contributed by atoms with Crippen molar-refractivity contribution in [2.75, 3.05) is 12.4 Å². The average Bonchev–Trinajstić information content (AvgIpc) is 3.09. The first kappa shape index (κ1) is 23.4. The number of carbonyl (C=O) groups is 2. The van der Waals surface area contributed by atoms with E-state index < -0.39 is 59.4 Å². The number of benzene rings is 1. The second-order valence-corrected chi connectivity index (χ2v) is 7.34. The van der Waals surface area contributed by atoms with Gasteiger partial charge in [-0.05, 0) is 31.5 Å². The Morgan fingerprint density at radius 1 is 1.28 bits per heavy atom. The summed E-state index contributed by atoms with van der Waals surface area (Å²) in [7, 11) is 1.03. The number of pyridine rings is 1. The van der Waals surface area contributed by atoms with Gasteiger partial charge in [0.1, 0.15) is 11.8 Å². The summed E-state index contributed by atoms with van der Waals surface area (Å²) in [6, 6.07) is 4.19. The van der Waals surface area contributed by atoms with Crippen LogP contribution in [0.3, 0.4) is 0 Å². The third kappa shape index (κ3) is 4.22. The molecule has 7 nitrogen and oxygen atoms in total. The van der Waals surface area contributed by atoms with E-state index in [1.165, 1.54) is 12.3 Å². The molecule has 0 bridgehead atoms. The molecule has 2 heterocycles. The molecular formula is C20H18F5N3O4. The summed E-state index contributed by atoms with van der Waals surface area (Å²) in [5.74, 6) is -6.50. The fraction of sp³-hybridized carbons (Fsp3) is 0.350. The quantitative estimate of drug-likeness (QED) is 0.668. The fourth-order valence-corrected chi connectivity index (χ4v) is 3.53. The maximum atomic E-state index is 14.2. The van der Waals surface area contributed by atoms with Crippen molar-refractivity contribution in [2.24, 2.45) is 5.73 Å². The Balaban J connectivity index is 2.01. The van der Waals surface area contributed by atoms with Crippen molar-refractivity contribution in [2.45, 2.75) is 37.1 Å². The smallest absolute Gasteiger partial charge is 0.417 e. The molecule has 172 valence electrons. The van der Waals surface area contributed by atoms with Gasteiger partial charge in [-0.2, -0.15) is 17.6 Å². The predicted molar refractivity (Wildman–Crippen MR) is 101 cm³/mol. The third-order valence-corrected chi connectivity index (χ3v) is 5.18.